The molecule has 8 N–H and O–H groups in total. The van der Waals surface area contributed by atoms with Crippen LogP contribution in [0.4, 0.5) is 0 Å². The van der Waals surface area contributed by atoms with Gasteiger partial charge >= 0.3 is 5.97 Å². The fraction of sp³-hybridized carbons (Fsp3) is 0.909. The Hall–Kier alpha value is -2.36. The molecule has 1 fully saturated rings. The van der Waals surface area contributed by atoms with Crippen LogP contribution in [-0.4, -0.2) is 106 Å². The number of hydrogen-bond acceptors (Lipinski definition) is 10. The van der Waals surface area contributed by atoms with E-state index in [1.807, 2.05) is 0 Å². The van der Waals surface area contributed by atoms with Gasteiger partial charge in [0.1, 0.15) is 30.4 Å². The van der Waals surface area contributed by atoms with Crippen LogP contribution in [0.2, 0.25) is 0 Å². The Balaban J connectivity index is 2.93. The van der Waals surface area contributed by atoms with E-state index in [-0.39, 0.29) is 12.3 Å². The zero-order valence-corrected chi connectivity index (χ0v) is 36.3. The van der Waals surface area contributed by atoms with E-state index in [0.29, 0.717) is 12.8 Å². The molecule has 3 amide bonds. The van der Waals surface area contributed by atoms with Crippen LogP contribution < -0.4 is 16.0 Å². The maximum atomic E-state index is 14.0. The number of likely N-dealkylation sites (N-methyl/N-ethyl adjacent to an activating group) is 1. The molecule has 0 radical (unpaired) electrons. The van der Waals surface area contributed by atoms with Crippen LogP contribution in [-0.2, 0) is 28.7 Å². The largest absolute Gasteiger partial charge is 0.481 e. The molecule has 58 heavy (non-hydrogen) atoms. The molecule has 340 valence electrons. The van der Waals surface area contributed by atoms with Crippen LogP contribution in [0.25, 0.3) is 0 Å². The Morgan fingerprint density at radius 3 is 1.36 bits per heavy atom. The van der Waals surface area contributed by atoms with Crippen LogP contribution in [0.1, 0.15) is 194 Å². The minimum Gasteiger partial charge on any atom is -0.481 e. The number of carbonyl (C=O) groups is 4. The van der Waals surface area contributed by atoms with E-state index in [9.17, 15) is 44.7 Å². The first-order chi connectivity index (χ1) is 28.0. The number of rotatable bonds is 37. The summed E-state index contributed by atoms with van der Waals surface area (Å²) in [5.41, 5.74) is 0. The molecule has 0 aromatic heterocycles. The Bertz CT molecular complexity index is 1060. The van der Waals surface area contributed by atoms with Crippen molar-refractivity contribution in [3.8, 4) is 0 Å². The van der Waals surface area contributed by atoms with Gasteiger partial charge in [-0.25, -0.2) is 0 Å². The first-order valence-corrected chi connectivity index (χ1v) is 23.0. The van der Waals surface area contributed by atoms with Crippen molar-refractivity contribution in [3.05, 3.63) is 0 Å². The number of hydrogen-bond donors (Lipinski definition) is 8. The molecule has 0 spiro atoms. The van der Waals surface area contributed by atoms with Crippen LogP contribution >= 0.6 is 0 Å². The summed E-state index contributed by atoms with van der Waals surface area (Å²) < 4.78 is 10.7. The first-order valence-electron chi connectivity index (χ1n) is 23.0. The highest BCUT2D eigenvalue weighted by atomic mass is 16.7. The van der Waals surface area contributed by atoms with Gasteiger partial charge in [0.25, 0.3) is 0 Å². The minimum atomic E-state index is -1.88. The summed E-state index contributed by atoms with van der Waals surface area (Å²) in [7, 11) is 1.35. The van der Waals surface area contributed by atoms with Gasteiger partial charge in [-0.2, -0.15) is 0 Å². The first kappa shape index (κ1) is 53.7. The van der Waals surface area contributed by atoms with Crippen molar-refractivity contribution in [1.29, 1.82) is 0 Å². The van der Waals surface area contributed by atoms with Gasteiger partial charge in [0, 0.05) is 19.4 Å². The molecule has 0 aromatic carbocycles. The monoisotopic (exact) mass is 830 g/mol. The molecule has 0 saturated carbocycles. The zero-order chi connectivity index (χ0) is 43.0. The number of aliphatic hydroxyl groups excluding tert-OH is 4. The SMILES string of the molecule is CCCCCCCCCCCCCCC(CCCCCCCCCCCCCC)C(=O)N[C@H](CO[C@@H]1O[C@@H](O)[C@@H](O)[C@H](O)[C@@H]1O)C(=O)NC(CCC(=O)O)C(=O)NC. The highest BCUT2D eigenvalue weighted by molar-refractivity contribution is 5.92. The van der Waals surface area contributed by atoms with Gasteiger partial charge in [-0.1, -0.05) is 168 Å². The molecule has 1 unspecified atom stereocenters. The van der Waals surface area contributed by atoms with Gasteiger partial charge in [0.2, 0.25) is 17.7 Å². The number of nitrogens with one attached hydrogen (secondary N) is 3. The maximum Gasteiger partial charge on any atom is 0.303 e. The van der Waals surface area contributed by atoms with Crippen molar-refractivity contribution in [2.45, 2.75) is 237 Å². The predicted octanol–water partition coefficient (Wildman–Crippen LogP) is 6.14. The van der Waals surface area contributed by atoms with Crippen molar-refractivity contribution < 1.29 is 54.2 Å². The van der Waals surface area contributed by atoms with Crippen LogP contribution in [0.5, 0.6) is 0 Å². The van der Waals surface area contributed by atoms with E-state index in [1.54, 1.807) is 0 Å². The van der Waals surface area contributed by atoms with E-state index in [0.717, 1.165) is 51.4 Å². The highest BCUT2D eigenvalue weighted by Crippen LogP contribution is 2.23. The van der Waals surface area contributed by atoms with Crippen LogP contribution in [0.15, 0.2) is 0 Å². The third kappa shape index (κ3) is 24.7. The van der Waals surface area contributed by atoms with E-state index in [1.165, 1.54) is 110 Å². The molecular formula is C44H83N3O11. The second kappa shape index (κ2) is 34.4. The van der Waals surface area contributed by atoms with Gasteiger partial charge in [-0.15, -0.1) is 0 Å². The number of amides is 3. The molecule has 0 bridgehead atoms. The summed E-state index contributed by atoms with van der Waals surface area (Å²) in [6.07, 6.45) is 20.5. The molecule has 0 aliphatic carbocycles. The maximum absolute atomic E-state index is 14.0. The fourth-order valence-electron chi connectivity index (χ4n) is 7.48. The van der Waals surface area contributed by atoms with E-state index in [2.05, 4.69) is 29.8 Å². The van der Waals surface area contributed by atoms with Gasteiger partial charge in [0.15, 0.2) is 12.6 Å². The Morgan fingerprint density at radius 2 is 0.948 bits per heavy atom. The van der Waals surface area contributed by atoms with E-state index >= 15 is 0 Å². The zero-order valence-electron chi connectivity index (χ0n) is 36.3. The van der Waals surface area contributed by atoms with Crippen molar-refractivity contribution >= 4 is 23.7 Å². The summed E-state index contributed by atoms with van der Waals surface area (Å²) in [5, 5.41) is 57.4. The average molecular weight is 830 g/mol. The third-order valence-electron chi connectivity index (χ3n) is 11.3. The quantitative estimate of drug-likeness (QED) is 0.0332. The molecule has 1 aliphatic rings. The van der Waals surface area contributed by atoms with Gasteiger partial charge in [0.05, 0.1) is 6.61 Å². The standard InChI is InChI=1S/C44H83N3O11/c1-4-6-8-10-12-14-16-18-20-22-24-26-28-33(29-27-25-23-21-19-17-15-13-11-9-7-5-2)40(53)47-35(32-57-44-39(52)37(50)38(51)43(56)58-44)42(55)46-34(41(54)45-3)30-31-36(48)49/h33-35,37-39,43-44,50-52,56H,4-32H2,1-3H3,(H,45,54)(H,46,55)(H,47,53)(H,48,49)/t34?,35-,37+,38+,39+,43-,44-/m1/s1. The molecule has 14 nitrogen and oxygen atoms in total. The lowest BCUT2D eigenvalue weighted by Crippen LogP contribution is -2.60. The molecule has 1 rings (SSSR count). The van der Waals surface area contributed by atoms with E-state index in [4.69, 9.17) is 9.47 Å². The van der Waals surface area contributed by atoms with Gasteiger partial charge in [-0.05, 0) is 19.3 Å². The molecule has 1 saturated heterocycles. The lowest BCUT2D eigenvalue weighted by molar-refractivity contribution is -0.340. The topological polar surface area (TPSA) is 224 Å². The van der Waals surface area contributed by atoms with Gasteiger partial charge < -0.3 is 51.0 Å². The number of ether oxygens (including phenoxy) is 2. The number of aliphatic hydroxyl groups is 4. The normalized spacial score (nSPS) is 20.4. The lowest BCUT2D eigenvalue weighted by atomic mass is 9.92. The van der Waals surface area contributed by atoms with Crippen molar-refractivity contribution in [1.82, 2.24) is 16.0 Å². The van der Waals surface area contributed by atoms with Crippen molar-refractivity contribution in [2.75, 3.05) is 13.7 Å². The molecular weight excluding hydrogens is 746 g/mol. The Kier molecular flexibility index (Phi) is 31.8. The number of unbranched alkanes of at least 4 members (excludes halogenated alkanes) is 22. The molecule has 0 aromatic rings. The summed E-state index contributed by atoms with van der Waals surface area (Å²) >= 11 is 0. The molecule has 7 atom stereocenters. The summed E-state index contributed by atoms with van der Waals surface area (Å²) in [6, 6.07) is -2.63. The second-order valence-electron chi connectivity index (χ2n) is 16.4. The summed E-state index contributed by atoms with van der Waals surface area (Å²) in [6.45, 7) is 3.88. The summed E-state index contributed by atoms with van der Waals surface area (Å²) in [4.78, 5) is 51.5. The van der Waals surface area contributed by atoms with Crippen LogP contribution in [0, 0.1) is 5.92 Å². The molecule has 14 heteroatoms. The highest BCUT2D eigenvalue weighted by Gasteiger charge is 2.44. The van der Waals surface area contributed by atoms with Gasteiger partial charge in [-0.3, -0.25) is 19.2 Å². The number of carbonyl (C=O) groups excluding carboxylic acids is 3. The van der Waals surface area contributed by atoms with Crippen molar-refractivity contribution in [2.24, 2.45) is 5.92 Å². The molecule has 1 heterocycles. The number of carboxylic acids is 1. The minimum absolute atomic E-state index is 0.205. The predicted molar refractivity (Wildman–Crippen MR) is 225 cm³/mol. The third-order valence-corrected chi connectivity index (χ3v) is 11.3. The summed E-state index contributed by atoms with van der Waals surface area (Å²) in [5.74, 6) is -3.36. The molecule has 1 aliphatic heterocycles. The number of carboxylic acid groups (broad SMARTS) is 1. The average Bonchev–Trinajstić information content (AvgIpc) is 3.21. The second-order valence-corrected chi connectivity index (χ2v) is 16.4. The van der Waals surface area contributed by atoms with E-state index < -0.39 is 79.7 Å². The smallest absolute Gasteiger partial charge is 0.303 e. The Labute approximate surface area is 349 Å². The number of aliphatic carboxylic acids is 1. The lowest BCUT2D eigenvalue weighted by Gasteiger charge is -2.38. The Morgan fingerprint density at radius 1 is 0.534 bits per heavy atom. The van der Waals surface area contributed by atoms with Crippen LogP contribution in [0.3, 0.4) is 0 Å². The fourth-order valence-corrected chi connectivity index (χ4v) is 7.48. The van der Waals surface area contributed by atoms with Crippen molar-refractivity contribution in [3.63, 3.8) is 0 Å².